The summed E-state index contributed by atoms with van der Waals surface area (Å²) in [5.41, 5.74) is 8.40. The number of hydrogen-bond donors (Lipinski definition) is 1. The standard InChI is InChI=1S/C16H24N2O2/c1-11-10-12(17)7-8-13(11)14-6-5-9-18(14)15(19)20-16(2,3)4/h7-8,10,14H,5-6,9,17H2,1-4H3/t14-/m1/s1. The van der Waals surface area contributed by atoms with Gasteiger partial charge in [0, 0.05) is 12.2 Å². The molecule has 0 spiro atoms. The lowest BCUT2D eigenvalue weighted by atomic mass is 9.99. The Hall–Kier alpha value is -1.71. The number of carbonyl (C=O) groups is 1. The number of ether oxygens (including phenoxy) is 1. The number of benzene rings is 1. The fourth-order valence-corrected chi connectivity index (χ4v) is 2.70. The maximum atomic E-state index is 12.3. The van der Waals surface area contributed by atoms with Crippen molar-refractivity contribution >= 4 is 11.8 Å². The number of carbonyl (C=O) groups excluding carboxylic acids is 1. The van der Waals surface area contributed by atoms with E-state index in [0.717, 1.165) is 30.6 Å². The van der Waals surface area contributed by atoms with E-state index in [1.807, 2.05) is 50.8 Å². The van der Waals surface area contributed by atoms with E-state index in [-0.39, 0.29) is 12.1 Å². The normalized spacial score (nSPS) is 19.2. The first-order valence-electron chi connectivity index (χ1n) is 7.13. The molecule has 1 amide bonds. The van der Waals surface area contributed by atoms with Crippen LogP contribution in [0.15, 0.2) is 18.2 Å². The predicted octanol–water partition coefficient (Wildman–Crippen LogP) is 3.65. The molecule has 20 heavy (non-hydrogen) atoms. The third-order valence-electron chi connectivity index (χ3n) is 3.53. The van der Waals surface area contributed by atoms with E-state index in [0.29, 0.717) is 0 Å². The van der Waals surface area contributed by atoms with Crippen LogP contribution in [0.1, 0.15) is 50.8 Å². The number of nitrogen functional groups attached to an aromatic ring is 1. The number of anilines is 1. The van der Waals surface area contributed by atoms with Crippen molar-refractivity contribution < 1.29 is 9.53 Å². The van der Waals surface area contributed by atoms with E-state index in [2.05, 4.69) is 0 Å². The van der Waals surface area contributed by atoms with Crippen LogP contribution in [-0.2, 0) is 4.74 Å². The molecule has 0 saturated carbocycles. The fourth-order valence-electron chi connectivity index (χ4n) is 2.70. The topological polar surface area (TPSA) is 55.6 Å². The zero-order valence-corrected chi connectivity index (χ0v) is 12.8. The second-order valence-electron chi connectivity index (χ2n) is 6.45. The van der Waals surface area contributed by atoms with Crippen molar-refractivity contribution in [3.8, 4) is 0 Å². The number of amides is 1. The van der Waals surface area contributed by atoms with Crippen molar-refractivity contribution in [2.24, 2.45) is 0 Å². The van der Waals surface area contributed by atoms with Crippen LogP contribution in [0.25, 0.3) is 0 Å². The van der Waals surface area contributed by atoms with Gasteiger partial charge in [0.15, 0.2) is 0 Å². The van der Waals surface area contributed by atoms with Gasteiger partial charge < -0.3 is 15.4 Å². The van der Waals surface area contributed by atoms with Crippen LogP contribution < -0.4 is 5.73 Å². The first kappa shape index (κ1) is 14.7. The fraction of sp³-hybridized carbons (Fsp3) is 0.562. The average Bonchev–Trinajstić information content (AvgIpc) is 2.75. The van der Waals surface area contributed by atoms with Gasteiger partial charge in [0.05, 0.1) is 6.04 Å². The molecule has 1 fully saturated rings. The summed E-state index contributed by atoms with van der Waals surface area (Å²) in [6.07, 6.45) is 1.76. The molecule has 2 rings (SSSR count). The van der Waals surface area contributed by atoms with Crippen molar-refractivity contribution in [1.82, 2.24) is 4.90 Å². The molecular formula is C16H24N2O2. The van der Waals surface area contributed by atoms with Crippen LogP contribution in [0, 0.1) is 6.92 Å². The number of rotatable bonds is 1. The SMILES string of the molecule is Cc1cc(N)ccc1[C@H]1CCCN1C(=O)OC(C)(C)C. The lowest BCUT2D eigenvalue weighted by Gasteiger charge is -2.29. The Bertz CT molecular complexity index is 506. The summed E-state index contributed by atoms with van der Waals surface area (Å²) < 4.78 is 5.50. The van der Waals surface area contributed by atoms with Gasteiger partial charge in [-0.05, 0) is 63.8 Å². The van der Waals surface area contributed by atoms with Crippen LogP contribution >= 0.6 is 0 Å². The monoisotopic (exact) mass is 276 g/mol. The molecule has 110 valence electrons. The van der Waals surface area contributed by atoms with Gasteiger partial charge in [-0.2, -0.15) is 0 Å². The zero-order valence-electron chi connectivity index (χ0n) is 12.8. The molecule has 1 aromatic carbocycles. The molecule has 1 aliphatic heterocycles. The highest BCUT2D eigenvalue weighted by Crippen LogP contribution is 2.35. The van der Waals surface area contributed by atoms with Crippen molar-refractivity contribution in [3.05, 3.63) is 29.3 Å². The number of hydrogen-bond acceptors (Lipinski definition) is 3. The summed E-state index contributed by atoms with van der Waals surface area (Å²) in [6.45, 7) is 8.47. The second-order valence-corrected chi connectivity index (χ2v) is 6.45. The van der Waals surface area contributed by atoms with Crippen molar-refractivity contribution in [2.75, 3.05) is 12.3 Å². The van der Waals surface area contributed by atoms with Gasteiger partial charge in [-0.3, -0.25) is 0 Å². The van der Waals surface area contributed by atoms with Gasteiger partial charge in [-0.1, -0.05) is 6.07 Å². The lowest BCUT2D eigenvalue weighted by molar-refractivity contribution is 0.0224. The maximum absolute atomic E-state index is 12.3. The third kappa shape index (κ3) is 3.24. The quantitative estimate of drug-likeness (QED) is 0.797. The van der Waals surface area contributed by atoms with Crippen LogP contribution in [0.4, 0.5) is 10.5 Å². The molecule has 0 aliphatic carbocycles. The van der Waals surface area contributed by atoms with Gasteiger partial charge in [-0.15, -0.1) is 0 Å². The summed E-state index contributed by atoms with van der Waals surface area (Å²) in [7, 11) is 0. The van der Waals surface area contributed by atoms with Gasteiger partial charge in [0.1, 0.15) is 5.60 Å². The molecular weight excluding hydrogens is 252 g/mol. The Morgan fingerprint density at radius 2 is 2.10 bits per heavy atom. The third-order valence-corrected chi connectivity index (χ3v) is 3.53. The molecule has 4 nitrogen and oxygen atoms in total. The number of nitrogens with two attached hydrogens (primary N) is 1. The molecule has 1 atom stereocenters. The van der Waals surface area contributed by atoms with Gasteiger partial charge in [0.2, 0.25) is 0 Å². The maximum Gasteiger partial charge on any atom is 0.410 e. The zero-order chi connectivity index (χ0) is 14.9. The number of aryl methyl sites for hydroxylation is 1. The molecule has 1 saturated heterocycles. The highest BCUT2D eigenvalue weighted by Gasteiger charge is 2.33. The van der Waals surface area contributed by atoms with Crippen molar-refractivity contribution in [2.45, 2.75) is 52.2 Å². The van der Waals surface area contributed by atoms with E-state index >= 15 is 0 Å². The first-order chi connectivity index (χ1) is 9.28. The first-order valence-corrected chi connectivity index (χ1v) is 7.13. The average molecular weight is 276 g/mol. The van der Waals surface area contributed by atoms with E-state index in [9.17, 15) is 4.79 Å². The van der Waals surface area contributed by atoms with E-state index in [1.54, 1.807) is 0 Å². The highest BCUT2D eigenvalue weighted by molar-refractivity contribution is 5.69. The van der Waals surface area contributed by atoms with Crippen LogP contribution in [0.5, 0.6) is 0 Å². The van der Waals surface area contributed by atoms with E-state index in [1.165, 1.54) is 5.56 Å². The molecule has 0 unspecified atom stereocenters. The largest absolute Gasteiger partial charge is 0.444 e. The van der Waals surface area contributed by atoms with Gasteiger partial charge in [-0.25, -0.2) is 4.79 Å². The smallest absolute Gasteiger partial charge is 0.410 e. The molecule has 0 radical (unpaired) electrons. The Morgan fingerprint density at radius 1 is 1.40 bits per heavy atom. The molecule has 2 N–H and O–H groups in total. The molecule has 1 aliphatic rings. The summed E-state index contributed by atoms with van der Waals surface area (Å²) in [5.74, 6) is 0. The number of nitrogens with zero attached hydrogens (tertiary/aromatic N) is 1. The van der Waals surface area contributed by atoms with Gasteiger partial charge >= 0.3 is 6.09 Å². The minimum atomic E-state index is -0.458. The Balaban J connectivity index is 2.21. The number of likely N-dealkylation sites (tertiary alicyclic amines) is 1. The Morgan fingerprint density at radius 3 is 2.70 bits per heavy atom. The van der Waals surface area contributed by atoms with Crippen molar-refractivity contribution in [1.29, 1.82) is 0 Å². The predicted molar refractivity (Wildman–Crippen MR) is 80.5 cm³/mol. The summed E-state index contributed by atoms with van der Waals surface area (Å²) in [4.78, 5) is 14.1. The molecule has 1 heterocycles. The molecule has 1 aromatic rings. The van der Waals surface area contributed by atoms with Crippen LogP contribution in [0.2, 0.25) is 0 Å². The summed E-state index contributed by atoms with van der Waals surface area (Å²) >= 11 is 0. The summed E-state index contributed by atoms with van der Waals surface area (Å²) in [5, 5.41) is 0. The van der Waals surface area contributed by atoms with E-state index < -0.39 is 5.60 Å². The molecule has 0 aromatic heterocycles. The molecule has 0 bridgehead atoms. The highest BCUT2D eigenvalue weighted by atomic mass is 16.6. The van der Waals surface area contributed by atoms with Crippen molar-refractivity contribution in [3.63, 3.8) is 0 Å². The van der Waals surface area contributed by atoms with Crippen LogP contribution in [0.3, 0.4) is 0 Å². The molecule has 4 heteroatoms. The summed E-state index contributed by atoms with van der Waals surface area (Å²) in [6, 6.07) is 5.98. The lowest BCUT2D eigenvalue weighted by Crippen LogP contribution is -2.36. The minimum Gasteiger partial charge on any atom is -0.444 e. The van der Waals surface area contributed by atoms with Gasteiger partial charge in [0.25, 0.3) is 0 Å². The second kappa shape index (κ2) is 5.35. The van der Waals surface area contributed by atoms with Crippen LogP contribution in [-0.4, -0.2) is 23.1 Å². The van der Waals surface area contributed by atoms with E-state index in [4.69, 9.17) is 10.5 Å². The Kier molecular flexibility index (Phi) is 3.93. The minimum absolute atomic E-state index is 0.102. The Labute approximate surface area is 120 Å².